The molecule has 2 heterocycles. The number of carbonyl (C=O) groups excluding carboxylic acids is 1. The quantitative estimate of drug-likeness (QED) is 0.520. The number of aromatic nitrogens is 1. The number of hydrogen-bond donors (Lipinski definition) is 1. The summed E-state index contributed by atoms with van der Waals surface area (Å²) in [6.07, 6.45) is 1.55. The molecule has 0 aliphatic carbocycles. The Bertz CT molecular complexity index is 1060. The molecule has 8 heteroatoms. The molecule has 1 amide bonds. The van der Waals surface area contributed by atoms with E-state index in [1.807, 2.05) is 16.7 Å². The number of rotatable bonds is 3. The Morgan fingerprint density at radius 3 is 2.75 bits per heavy atom. The largest absolute Gasteiger partial charge is 0.352 e. The maximum atomic E-state index is 14.5. The number of benzene rings is 2. The van der Waals surface area contributed by atoms with E-state index in [0.717, 1.165) is 11.5 Å². The van der Waals surface area contributed by atoms with Crippen molar-refractivity contribution >= 4 is 67.5 Å². The third-order valence-corrected chi connectivity index (χ3v) is 6.22. The van der Waals surface area contributed by atoms with Crippen molar-refractivity contribution in [2.24, 2.45) is 0 Å². The lowest BCUT2D eigenvalue weighted by atomic mass is 10.1. The highest BCUT2D eigenvalue weighted by Gasteiger charge is 2.23. The second-order valence-corrected chi connectivity index (χ2v) is 8.94. The van der Waals surface area contributed by atoms with E-state index >= 15 is 0 Å². The molecule has 144 valence electrons. The second kappa shape index (κ2) is 8.27. The Hall–Kier alpha value is -1.83. The van der Waals surface area contributed by atoms with E-state index in [4.69, 9.17) is 11.6 Å². The smallest absolute Gasteiger partial charge is 0.257 e. The first-order chi connectivity index (χ1) is 13.5. The van der Waals surface area contributed by atoms with Crippen LogP contribution in [0.15, 0.2) is 47.1 Å². The normalized spacial score (nSPS) is 14.3. The number of halogens is 3. The van der Waals surface area contributed by atoms with Crippen LogP contribution >= 0.6 is 39.3 Å². The molecule has 0 spiro atoms. The van der Waals surface area contributed by atoms with Crippen LogP contribution in [0.3, 0.4) is 0 Å². The number of fused-ring (bicyclic) bond motifs is 1. The molecule has 1 aliphatic rings. The summed E-state index contributed by atoms with van der Waals surface area (Å²) in [5, 5.41) is 4.31. The highest BCUT2D eigenvalue weighted by Crippen LogP contribution is 2.33. The lowest BCUT2D eigenvalue weighted by Crippen LogP contribution is -2.38. The first kappa shape index (κ1) is 19.5. The van der Waals surface area contributed by atoms with Crippen LogP contribution in [-0.2, 0) is 0 Å². The van der Waals surface area contributed by atoms with Gasteiger partial charge in [0.15, 0.2) is 0 Å². The molecule has 1 aliphatic heterocycles. The Kier molecular flexibility index (Phi) is 5.75. The van der Waals surface area contributed by atoms with Gasteiger partial charge in [0.2, 0.25) is 0 Å². The first-order valence-electron chi connectivity index (χ1n) is 8.70. The number of carbonyl (C=O) groups is 1. The molecule has 0 unspecified atom stereocenters. The molecule has 0 bridgehead atoms. The lowest BCUT2D eigenvalue weighted by Gasteiger charge is -2.27. The number of amides is 1. The molecule has 1 fully saturated rings. The molecular weight excluding hydrogens is 465 g/mol. The average molecular weight is 481 g/mol. The Morgan fingerprint density at radius 2 is 2.00 bits per heavy atom. The van der Waals surface area contributed by atoms with Gasteiger partial charge >= 0.3 is 0 Å². The van der Waals surface area contributed by atoms with Crippen LogP contribution < -0.4 is 5.32 Å². The number of thioether (sulfide) groups is 1. The summed E-state index contributed by atoms with van der Waals surface area (Å²) in [4.78, 5) is 19.4. The molecule has 4 nitrogen and oxygen atoms in total. The van der Waals surface area contributed by atoms with Crippen molar-refractivity contribution in [3.63, 3.8) is 0 Å². The molecule has 0 saturated carbocycles. The topological polar surface area (TPSA) is 45.2 Å². The summed E-state index contributed by atoms with van der Waals surface area (Å²) in [6, 6.07) is 10.0. The van der Waals surface area contributed by atoms with E-state index in [1.165, 1.54) is 6.07 Å². The standard InChI is InChI=1S/C20H16BrClFN3OS/c21-12-1-3-18(16(23)9-12)25-19-14-10-13(22)2-4-17(14)24-11-15(19)20(27)26-5-7-28-8-6-26/h1-4,9-11H,5-8H2,(H,24,25). The highest BCUT2D eigenvalue weighted by molar-refractivity contribution is 9.10. The van der Waals surface area contributed by atoms with Crippen molar-refractivity contribution in [1.82, 2.24) is 9.88 Å². The SMILES string of the molecule is O=C(c1cnc2ccc(Cl)cc2c1Nc1ccc(Br)cc1F)N1CCSCC1. The summed E-state index contributed by atoms with van der Waals surface area (Å²) in [5.41, 5.74) is 1.87. The van der Waals surface area contributed by atoms with Crippen LogP contribution in [-0.4, -0.2) is 40.4 Å². The molecule has 4 rings (SSSR count). The van der Waals surface area contributed by atoms with Gasteiger partial charge in [-0.3, -0.25) is 9.78 Å². The highest BCUT2D eigenvalue weighted by atomic mass is 79.9. The van der Waals surface area contributed by atoms with Crippen molar-refractivity contribution < 1.29 is 9.18 Å². The van der Waals surface area contributed by atoms with E-state index in [0.29, 0.717) is 44.7 Å². The van der Waals surface area contributed by atoms with E-state index in [1.54, 1.807) is 36.5 Å². The van der Waals surface area contributed by atoms with Crippen LogP contribution in [0.25, 0.3) is 10.9 Å². The maximum absolute atomic E-state index is 14.5. The Balaban J connectivity index is 1.84. The molecule has 1 aromatic heterocycles. The number of anilines is 2. The summed E-state index contributed by atoms with van der Waals surface area (Å²) in [5.74, 6) is 1.27. The minimum atomic E-state index is -0.422. The predicted molar refractivity (Wildman–Crippen MR) is 117 cm³/mol. The van der Waals surface area contributed by atoms with Crippen molar-refractivity contribution in [2.45, 2.75) is 0 Å². The molecule has 2 aromatic carbocycles. The Labute approximate surface area is 179 Å². The van der Waals surface area contributed by atoms with Crippen LogP contribution in [0.5, 0.6) is 0 Å². The molecule has 28 heavy (non-hydrogen) atoms. The third-order valence-electron chi connectivity index (χ3n) is 4.55. The van der Waals surface area contributed by atoms with Gasteiger partial charge < -0.3 is 10.2 Å². The van der Waals surface area contributed by atoms with Gasteiger partial charge in [0, 0.05) is 45.7 Å². The zero-order chi connectivity index (χ0) is 19.7. The average Bonchev–Trinajstić information content (AvgIpc) is 2.70. The van der Waals surface area contributed by atoms with E-state index in [9.17, 15) is 9.18 Å². The van der Waals surface area contributed by atoms with Crippen molar-refractivity contribution in [3.05, 3.63) is 63.5 Å². The van der Waals surface area contributed by atoms with Crippen LogP contribution in [0.2, 0.25) is 5.02 Å². The fraction of sp³-hybridized carbons (Fsp3) is 0.200. The summed E-state index contributed by atoms with van der Waals surface area (Å²) >= 11 is 11.3. The zero-order valence-corrected chi connectivity index (χ0v) is 17.9. The summed E-state index contributed by atoms with van der Waals surface area (Å²) in [7, 11) is 0. The summed E-state index contributed by atoms with van der Waals surface area (Å²) < 4.78 is 15.1. The molecule has 1 N–H and O–H groups in total. The molecular formula is C20H16BrClFN3OS. The molecule has 1 saturated heterocycles. The van der Waals surface area contributed by atoms with Gasteiger partial charge in [-0.25, -0.2) is 4.39 Å². The molecule has 0 radical (unpaired) electrons. The van der Waals surface area contributed by atoms with Crippen molar-refractivity contribution in [1.29, 1.82) is 0 Å². The fourth-order valence-corrected chi connectivity index (χ4v) is 4.53. The van der Waals surface area contributed by atoms with Gasteiger partial charge in [0.25, 0.3) is 5.91 Å². The van der Waals surface area contributed by atoms with Gasteiger partial charge in [-0.1, -0.05) is 27.5 Å². The Morgan fingerprint density at radius 1 is 1.21 bits per heavy atom. The van der Waals surface area contributed by atoms with Gasteiger partial charge in [-0.05, 0) is 36.4 Å². The zero-order valence-electron chi connectivity index (χ0n) is 14.7. The first-order valence-corrected chi connectivity index (χ1v) is 11.0. The second-order valence-electron chi connectivity index (χ2n) is 6.36. The predicted octanol–water partition coefficient (Wildman–Crippen LogP) is 5.72. The van der Waals surface area contributed by atoms with E-state index < -0.39 is 5.82 Å². The van der Waals surface area contributed by atoms with Gasteiger partial charge in [0.05, 0.1) is 22.5 Å². The fourth-order valence-electron chi connectivity index (χ4n) is 3.12. The number of hydrogen-bond acceptors (Lipinski definition) is 4. The van der Waals surface area contributed by atoms with Crippen molar-refractivity contribution in [3.8, 4) is 0 Å². The van der Waals surface area contributed by atoms with Crippen molar-refractivity contribution in [2.75, 3.05) is 29.9 Å². The van der Waals surface area contributed by atoms with Crippen LogP contribution in [0.1, 0.15) is 10.4 Å². The molecule has 0 atom stereocenters. The minimum absolute atomic E-state index is 0.116. The molecule has 3 aromatic rings. The van der Waals surface area contributed by atoms with Gasteiger partial charge in [-0.15, -0.1) is 0 Å². The number of pyridine rings is 1. The summed E-state index contributed by atoms with van der Waals surface area (Å²) in [6.45, 7) is 1.37. The number of nitrogens with one attached hydrogen (secondary N) is 1. The van der Waals surface area contributed by atoms with Crippen LogP contribution in [0, 0.1) is 5.82 Å². The van der Waals surface area contributed by atoms with Gasteiger partial charge in [0.1, 0.15) is 5.82 Å². The van der Waals surface area contributed by atoms with Crippen LogP contribution in [0.4, 0.5) is 15.8 Å². The number of nitrogens with zero attached hydrogens (tertiary/aromatic N) is 2. The lowest BCUT2D eigenvalue weighted by molar-refractivity contribution is 0.0773. The van der Waals surface area contributed by atoms with E-state index in [2.05, 4.69) is 26.2 Å². The van der Waals surface area contributed by atoms with Gasteiger partial charge in [-0.2, -0.15) is 11.8 Å². The maximum Gasteiger partial charge on any atom is 0.257 e. The minimum Gasteiger partial charge on any atom is -0.352 e. The van der Waals surface area contributed by atoms with E-state index in [-0.39, 0.29) is 11.6 Å². The monoisotopic (exact) mass is 479 g/mol. The third kappa shape index (κ3) is 3.97.